The van der Waals surface area contributed by atoms with Gasteiger partial charge in [-0.15, -0.1) is 0 Å². The van der Waals surface area contributed by atoms with Gasteiger partial charge in [0.05, 0.1) is 25.3 Å². The number of Topliss-reactive ketones (excluding diaryl/α,β-unsaturated/α-hetero) is 1. The highest BCUT2D eigenvalue weighted by Crippen LogP contribution is 2.43. The zero-order valence-electron chi connectivity index (χ0n) is 24.7. The van der Waals surface area contributed by atoms with Gasteiger partial charge >= 0.3 is 0 Å². The van der Waals surface area contributed by atoms with Crippen LogP contribution in [-0.2, 0) is 16.2 Å². The van der Waals surface area contributed by atoms with E-state index in [1.54, 1.807) is 67.8 Å². The molecule has 5 rings (SSSR count). The molecule has 0 saturated carbocycles. The Morgan fingerprint density at radius 2 is 1.60 bits per heavy atom. The molecule has 0 radical (unpaired) electrons. The number of ketones is 1. The average Bonchev–Trinajstić information content (AvgIpc) is 3.29. The van der Waals surface area contributed by atoms with E-state index in [1.165, 1.54) is 4.90 Å². The normalized spacial score (nSPS) is 16.0. The summed E-state index contributed by atoms with van der Waals surface area (Å²) in [5.74, 6) is 0.484. The fourth-order valence-corrected chi connectivity index (χ4v) is 5.04. The number of anilines is 1. The standard InChI is InChI=1S/C36H35NO6/c1-23(2)21-42-29-16-14-28(15-17-29)37-33(26-11-8-12-30(20-26)41-4)32(35(39)36(37)40)34(38)27-13-18-31(24(3)19-27)43-22-25-9-6-5-7-10-25/h5-20,23,33,38H,21-22H2,1-4H3/b34-32-. The van der Waals surface area contributed by atoms with Crippen LogP contribution in [0.4, 0.5) is 5.69 Å². The van der Waals surface area contributed by atoms with E-state index in [0.29, 0.717) is 53.2 Å². The van der Waals surface area contributed by atoms with Gasteiger partial charge in [-0.3, -0.25) is 14.5 Å². The van der Waals surface area contributed by atoms with E-state index >= 15 is 0 Å². The van der Waals surface area contributed by atoms with E-state index in [-0.39, 0.29) is 11.3 Å². The van der Waals surface area contributed by atoms with Crippen molar-refractivity contribution in [1.82, 2.24) is 0 Å². The van der Waals surface area contributed by atoms with Crippen LogP contribution >= 0.6 is 0 Å². The number of hydrogen-bond donors (Lipinski definition) is 1. The van der Waals surface area contributed by atoms with Crippen molar-refractivity contribution in [3.63, 3.8) is 0 Å². The fraction of sp³-hybridized carbons (Fsp3) is 0.222. The molecular weight excluding hydrogens is 542 g/mol. The highest BCUT2D eigenvalue weighted by atomic mass is 16.5. The number of benzene rings is 4. The van der Waals surface area contributed by atoms with Gasteiger partial charge in [0, 0.05) is 11.3 Å². The van der Waals surface area contributed by atoms with Gasteiger partial charge < -0.3 is 19.3 Å². The van der Waals surface area contributed by atoms with Gasteiger partial charge in [-0.1, -0.05) is 56.3 Å². The van der Waals surface area contributed by atoms with Gasteiger partial charge in [0.25, 0.3) is 11.7 Å². The molecule has 4 aromatic rings. The minimum atomic E-state index is -0.883. The number of carbonyl (C=O) groups is 2. The van der Waals surface area contributed by atoms with Gasteiger partial charge in [0.15, 0.2) is 0 Å². The van der Waals surface area contributed by atoms with Crippen molar-refractivity contribution in [3.8, 4) is 17.2 Å². The third-order valence-electron chi connectivity index (χ3n) is 7.24. The Kier molecular flexibility index (Phi) is 8.81. The summed E-state index contributed by atoms with van der Waals surface area (Å²) in [5.41, 5.74) is 3.35. The second kappa shape index (κ2) is 12.9. The first kappa shape index (κ1) is 29.5. The molecule has 1 heterocycles. The second-order valence-corrected chi connectivity index (χ2v) is 10.9. The summed E-state index contributed by atoms with van der Waals surface area (Å²) in [5, 5.41) is 11.6. The Hall–Kier alpha value is -5.04. The van der Waals surface area contributed by atoms with E-state index in [0.717, 1.165) is 11.1 Å². The number of aliphatic hydroxyl groups is 1. The van der Waals surface area contributed by atoms with Gasteiger partial charge in [-0.2, -0.15) is 0 Å². The van der Waals surface area contributed by atoms with Crippen LogP contribution in [0.2, 0.25) is 0 Å². The highest BCUT2D eigenvalue weighted by molar-refractivity contribution is 6.51. The maximum absolute atomic E-state index is 13.6. The molecule has 0 aromatic heterocycles. The van der Waals surface area contributed by atoms with Crippen molar-refractivity contribution < 1.29 is 28.9 Å². The summed E-state index contributed by atoms with van der Waals surface area (Å²) in [7, 11) is 1.55. The van der Waals surface area contributed by atoms with Gasteiger partial charge in [-0.05, 0) is 84.1 Å². The SMILES string of the molecule is COc1cccc(C2/C(=C(/O)c3ccc(OCc4ccccc4)c(C)c3)C(=O)C(=O)N2c2ccc(OCC(C)C)cc2)c1. The van der Waals surface area contributed by atoms with Crippen LogP contribution in [0.15, 0.2) is 103 Å². The summed E-state index contributed by atoms with van der Waals surface area (Å²) < 4.78 is 17.2. The first-order chi connectivity index (χ1) is 20.8. The van der Waals surface area contributed by atoms with Crippen molar-refractivity contribution in [3.05, 3.63) is 125 Å². The maximum Gasteiger partial charge on any atom is 0.300 e. The molecule has 1 aliphatic rings. The minimum Gasteiger partial charge on any atom is -0.507 e. The van der Waals surface area contributed by atoms with Crippen LogP contribution < -0.4 is 19.1 Å². The van der Waals surface area contributed by atoms with E-state index in [2.05, 4.69) is 13.8 Å². The van der Waals surface area contributed by atoms with Crippen molar-refractivity contribution in [2.24, 2.45) is 5.92 Å². The van der Waals surface area contributed by atoms with Gasteiger partial charge in [-0.25, -0.2) is 0 Å². The number of carbonyl (C=O) groups excluding carboxylic acids is 2. The molecule has 1 aliphatic heterocycles. The first-order valence-electron chi connectivity index (χ1n) is 14.2. The van der Waals surface area contributed by atoms with Crippen molar-refractivity contribution in [2.75, 3.05) is 18.6 Å². The number of aryl methyl sites for hydroxylation is 1. The van der Waals surface area contributed by atoms with Crippen LogP contribution in [0.5, 0.6) is 17.2 Å². The van der Waals surface area contributed by atoms with Crippen LogP contribution in [0.1, 0.15) is 42.1 Å². The first-order valence-corrected chi connectivity index (χ1v) is 14.2. The number of ether oxygens (including phenoxy) is 3. The van der Waals surface area contributed by atoms with E-state index in [9.17, 15) is 14.7 Å². The Morgan fingerprint density at radius 1 is 0.860 bits per heavy atom. The summed E-state index contributed by atoms with van der Waals surface area (Å²) in [6.07, 6.45) is 0. The Bertz CT molecular complexity index is 1640. The quantitative estimate of drug-likeness (QED) is 0.121. The third-order valence-corrected chi connectivity index (χ3v) is 7.24. The largest absolute Gasteiger partial charge is 0.507 e. The molecule has 1 atom stereocenters. The number of methoxy groups -OCH3 is 1. The van der Waals surface area contributed by atoms with E-state index < -0.39 is 17.7 Å². The molecule has 7 nitrogen and oxygen atoms in total. The van der Waals surface area contributed by atoms with Gasteiger partial charge in [0.1, 0.15) is 29.6 Å². The fourth-order valence-electron chi connectivity index (χ4n) is 5.04. The molecule has 43 heavy (non-hydrogen) atoms. The van der Waals surface area contributed by atoms with Crippen molar-refractivity contribution in [2.45, 2.75) is 33.4 Å². The minimum absolute atomic E-state index is 0.00394. The topological polar surface area (TPSA) is 85.3 Å². The lowest BCUT2D eigenvalue weighted by atomic mass is 9.94. The van der Waals surface area contributed by atoms with Crippen LogP contribution in [0.3, 0.4) is 0 Å². The van der Waals surface area contributed by atoms with E-state index in [1.807, 2.05) is 43.3 Å². The molecule has 7 heteroatoms. The molecule has 4 aromatic carbocycles. The molecule has 1 N–H and O–H groups in total. The lowest BCUT2D eigenvalue weighted by Gasteiger charge is -2.26. The van der Waals surface area contributed by atoms with Crippen LogP contribution in [0, 0.1) is 12.8 Å². The molecule has 220 valence electrons. The Balaban J connectivity index is 1.53. The molecule has 0 bridgehead atoms. The third kappa shape index (κ3) is 6.41. The number of nitrogens with zero attached hydrogens (tertiary/aromatic N) is 1. The maximum atomic E-state index is 13.6. The van der Waals surface area contributed by atoms with Crippen molar-refractivity contribution in [1.29, 1.82) is 0 Å². The summed E-state index contributed by atoms with van der Waals surface area (Å²) >= 11 is 0. The molecular formula is C36H35NO6. The zero-order chi connectivity index (χ0) is 30.5. The van der Waals surface area contributed by atoms with Crippen molar-refractivity contribution >= 4 is 23.1 Å². The molecule has 1 saturated heterocycles. The predicted molar refractivity (Wildman–Crippen MR) is 167 cm³/mol. The Morgan fingerprint density at radius 3 is 2.28 bits per heavy atom. The smallest absolute Gasteiger partial charge is 0.300 e. The molecule has 1 unspecified atom stereocenters. The van der Waals surface area contributed by atoms with Crippen LogP contribution in [-0.4, -0.2) is 30.5 Å². The number of amides is 1. The molecule has 1 fully saturated rings. The Labute approximate surface area is 252 Å². The second-order valence-electron chi connectivity index (χ2n) is 10.9. The monoisotopic (exact) mass is 577 g/mol. The molecule has 1 amide bonds. The van der Waals surface area contributed by atoms with Crippen LogP contribution in [0.25, 0.3) is 5.76 Å². The van der Waals surface area contributed by atoms with Gasteiger partial charge in [0.2, 0.25) is 0 Å². The molecule has 0 aliphatic carbocycles. The lowest BCUT2D eigenvalue weighted by molar-refractivity contribution is -0.132. The number of rotatable bonds is 10. The summed E-state index contributed by atoms with van der Waals surface area (Å²) in [4.78, 5) is 28.6. The average molecular weight is 578 g/mol. The summed E-state index contributed by atoms with van der Waals surface area (Å²) in [6, 6.07) is 28.4. The van der Waals surface area contributed by atoms with E-state index in [4.69, 9.17) is 14.2 Å². The highest BCUT2D eigenvalue weighted by Gasteiger charge is 2.47. The number of aliphatic hydroxyl groups excluding tert-OH is 1. The summed E-state index contributed by atoms with van der Waals surface area (Å²) in [6.45, 7) is 6.96. The number of hydrogen-bond acceptors (Lipinski definition) is 6. The lowest BCUT2D eigenvalue weighted by Crippen LogP contribution is -2.29. The zero-order valence-corrected chi connectivity index (χ0v) is 24.7. The molecule has 0 spiro atoms. The predicted octanol–water partition coefficient (Wildman–Crippen LogP) is 7.24.